The predicted molar refractivity (Wildman–Crippen MR) is 103 cm³/mol. The number of rotatable bonds is 2. The Bertz CT molecular complexity index is 780. The van der Waals surface area contributed by atoms with Gasteiger partial charge in [-0.15, -0.1) is 0 Å². The minimum atomic E-state index is -0.289. The maximum absolute atomic E-state index is 6.45. The Kier molecular flexibility index (Phi) is 3.86. The lowest BCUT2D eigenvalue weighted by atomic mass is 9.63. The van der Waals surface area contributed by atoms with Crippen LogP contribution < -0.4 is 0 Å². The lowest BCUT2D eigenvalue weighted by molar-refractivity contribution is 0.00578. The van der Waals surface area contributed by atoms with Gasteiger partial charge in [0.15, 0.2) is 0 Å². The van der Waals surface area contributed by atoms with E-state index in [2.05, 4.69) is 83.1 Å². The zero-order valence-corrected chi connectivity index (χ0v) is 15.9. The summed E-state index contributed by atoms with van der Waals surface area (Å²) in [5, 5.41) is 0. The molecule has 0 bridgehead atoms. The monoisotopic (exact) mass is 334 g/mol. The fourth-order valence-corrected chi connectivity index (χ4v) is 4.28. The normalized spacial score (nSPS) is 26.7. The number of fused-ring (bicyclic) bond motifs is 1. The maximum atomic E-state index is 6.45. The van der Waals surface area contributed by atoms with E-state index in [1.165, 1.54) is 22.3 Å². The predicted octanol–water partition coefficient (Wildman–Crippen LogP) is 5.15. The molecule has 0 aromatic heterocycles. The Hall–Kier alpha value is -1.58. The molecule has 0 radical (unpaired) electrons. The molecule has 0 saturated carbocycles. The van der Waals surface area contributed by atoms with Crippen LogP contribution in [0.2, 0.25) is 5.82 Å². The zero-order chi connectivity index (χ0) is 17.8. The van der Waals surface area contributed by atoms with E-state index in [1.54, 1.807) is 0 Å². The molecular weight excluding hydrogens is 307 g/mol. The molecular formula is C22H27BO2. The van der Waals surface area contributed by atoms with Gasteiger partial charge in [-0.2, -0.15) is 0 Å². The van der Waals surface area contributed by atoms with Gasteiger partial charge in [0.25, 0.3) is 0 Å². The minimum absolute atomic E-state index is 0.179. The third-order valence-electron chi connectivity index (χ3n) is 6.42. The Labute approximate surface area is 151 Å². The highest BCUT2D eigenvalue weighted by atomic mass is 16.7. The van der Waals surface area contributed by atoms with Gasteiger partial charge in [0.2, 0.25) is 0 Å². The standard InChI is InChI=1S/C22H27BO2/c1-15-10-6-8-12-17(15)20-18-13-9-7-11-16(18)14-19(20)23-24-21(2,3)22(4,5)25-23/h6-13,19-20H,14H2,1-5H3/t19-,20-/m0/s1. The average molecular weight is 334 g/mol. The summed E-state index contributed by atoms with van der Waals surface area (Å²) in [6, 6.07) is 17.5. The Morgan fingerprint density at radius 1 is 0.840 bits per heavy atom. The van der Waals surface area contributed by atoms with E-state index in [1.807, 2.05) is 0 Å². The van der Waals surface area contributed by atoms with E-state index in [0.29, 0.717) is 11.7 Å². The topological polar surface area (TPSA) is 18.5 Å². The fraction of sp³-hybridized carbons (Fsp3) is 0.455. The fourth-order valence-electron chi connectivity index (χ4n) is 4.28. The number of benzene rings is 2. The van der Waals surface area contributed by atoms with Crippen molar-refractivity contribution in [2.24, 2.45) is 0 Å². The summed E-state index contributed by atoms with van der Waals surface area (Å²) in [7, 11) is -0.179. The van der Waals surface area contributed by atoms with E-state index in [0.717, 1.165) is 6.42 Å². The van der Waals surface area contributed by atoms with Gasteiger partial charge in [-0.05, 0) is 63.3 Å². The Balaban J connectivity index is 1.77. The van der Waals surface area contributed by atoms with Crippen LogP contribution in [0.25, 0.3) is 0 Å². The summed E-state index contributed by atoms with van der Waals surface area (Å²) in [4.78, 5) is 0. The quantitative estimate of drug-likeness (QED) is 0.708. The number of hydrogen-bond acceptors (Lipinski definition) is 2. The van der Waals surface area contributed by atoms with Crippen molar-refractivity contribution < 1.29 is 9.31 Å². The van der Waals surface area contributed by atoms with Crippen molar-refractivity contribution in [1.82, 2.24) is 0 Å². The molecule has 2 aromatic rings. The van der Waals surface area contributed by atoms with Crippen LogP contribution in [0.3, 0.4) is 0 Å². The molecule has 1 heterocycles. The van der Waals surface area contributed by atoms with Crippen LogP contribution in [-0.4, -0.2) is 18.3 Å². The second-order valence-corrected chi connectivity index (χ2v) is 8.53. The molecule has 4 rings (SSSR count). The van der Waals surface area contributed by atoms with Crippen molar-refractivity contribution in [3.05, 3.63) is 70.8 Å². The van der Waals surface area contributed by atoms with Crippen LogP contribution in [0.5, 0.6) is 0 Å². The first kappa shape index (κ1) is 16.9. The largest absolute Gasteiger partial charge is 0.462 e. The van der Waals surface area contributed by atoms with Crippen LogP contribution in [0, 0.1) is 6.92 Å². The highest BCUT2D eigenvalue weighted by Crippen LogP contribution is 2.52. The molecule has 0 unspecified atom stereocenters. The molecule has 1 aliphatic heterocycles. The average Bonchev–Trinajstić information content (AvgIpc) is 3.03. The van der Waals surface area contributed by atoms with Gasteiger partial charge in [-0.25, -0.2) is 0 Å². The SMILES string of the molecule is Cc1ccccc1[C@H]1c2ccccc2C[C@@H]1B1OC(C)(C)C(C)(C)O1. The minimum Gasteiger partial charge on any atom is -0.403 e. The second-order valence-electron chi connectivity index (χ2n) is 8.53. The van der Waals surface area contributed by atoms with Crippen molar-refractivity contribution in [3.8, 4) is 0 Å². The third-order valence-corrected chi connectivity index (χ3v) is 6.42. The van der Waals surface area contributed by atoms with Crippen molar-refractivity contribution in [1.29, 1.82) is 0 Å². The number of hydrogen-bond donors (Lipinski definition) is 0. The maximum Gasteiger partial charge on any atom is 0.462 e. The van der Waals surface area contributed by atoms with Crippen LogP contribution in [0.4, 0.5) is 0 Å². The summed E-state index contributed by atoms with van der Waals surface area (Å²) in [5.74, 6) is 0.631. The van der Waals surface area contributed by atoms with E-state index < -0.39 is 0 Å². The summed E-state index contributed by atoms with van der Waals surface area (Å²) < 4.78 is 12.9. The molecule has 2 aliphatic rings. The molecule has 0 N–H and O–H groups in total. The first-order valence-electron chi connectivity index (χ1n) is 9.29. The highest BCUT2D eigenvalue weighted by Gasteiger charge is 2.56. The van der Waals surface area contributed by atoms with Crippen molar-refractivity contribution in [2.45, 2.75) is 64.0 Å². The first-order chi connectivity index (χ1) is 11.8. The van der Waals surface area contributed by atoms with Gasteiger partial charge in [0, 0.05) is 11.7 Å². The van der Waals surface area contributed by atoms with Crippen molar-refractivity contribution >= 4 is 7.12 Å². The Morgan fingerprint density at radius 3 is 2.04 bits per heavy atom. The van der Waals surface area contributed by atoms with E-state index in [-0.39, 0.29) is 18.3 Å². The van der Waals surface area contributed by atoms with Crippen LogP contribution >= 0.6 is 0 Å². The van der Waals surface area contributed by atoms with Gasteiger partial charge < -0.3 is 9.31 Å². The molecule has 2 aromatic carbocycles. The van der Waals surface area contributed by atoms with E-state index >= 15 is 0 Å². The van der Waals surface area contributed by atoms with Gasteiger partial charge in [-0.1, -0.05) is 48.5 Å². The lowest BCUT2D eigenvalue weighted by Crippen LogP contribution is -2.41. The van der Waals surface area contributed by atoms with E-state index in [9.17, 15) is 0 Å². The van der Waals surface area contributed by atoms with Gasteiger partial charge in [0.05, 0.1) is 11.2 Å². The highest BCUT2D eigenvalue weighted by molar-refractivity contribution is 6.48. The molecule has 3 heteroatoms. The molecule has 2 nitrogen and oxygen atoms in total. The third kappa shape index (κ3) is 2.65. The summed E-state index contributed by atoms with van der Waals surface area (Å²) in [6.45, 7) is 10.8. The summed E-state index contributed by atoms with van der Waals surface area (Å²) >= 11 is 0. The second kappa shape index (κ2) is 5.72. The summed E-state index contributed by atoms with van der Waals surface area (Å²) in [5.41, 5.74) is 5.01. The summed E-state index contributed by atoms with van der Waals surface area (Å²) in [6.07, 6.45) is 1.01. The smallest absolute Gasteiger partial charge is 0.403 e. The molecule has 1 aliphatic carbocycles. The van der Waals surface area contributed by atoms with Crippen LogP contribution in [0.15, 0.2) is 48.5 Å². The number of aryl methyl sites for hydroxylation is 1. The lowest BCUT2D eigenvalue weighted by Gasteiger charge is -2.32. The molecule has 0 spiro atoms. The van der Waals surface area contributed by atoms with Crippen LogP contribution in [-0.2, 0) is 15.7 Å². The molecule has 0 amide bonds. The van der Waals surface area contributed by atoms with Gasteiger partial charge >= 0.3 is 7.12 Å². The van der Waals surface area contributed by atoms with Gasteiger partial charge in [0.1, 0.15) is 0 Å². The Morgan fingerprint density at radius 2 is 1.40 bits per heavy atom. The molecule has 1 saturated heterocycles. The first-order valence-corrected chi connectivity index (χ1v) is 9.29. The molecule has 1 fully saturated rings. The van der Waals surface area contributed by atoms with Crippen molar-refractivity contribution in [3.63, 3.8) is 0 Å². The molecule has 130 valence electrons. The van der Waals surface area contributed by atoms with Gasteiger partial charge in [-0.3, -0.25) is 0 Å². The molecule has 2 atom stereocenters. The van der Waals surface area contributed by atoms with Crippen molar-refractivity contribution in [2.75, 3.05) is 0 Å². The molecule has 25 heavy (non-hydrogen) atoms. The van der Waals surface area contributed by atoms with Crippen LogP contribution in [0.1, 0.15) is 55.9 Å². The van der Waals surface area contributed by atoms with E-state index in [4.69, 9.17) is 9.31 Å². The zero-order valence-electron chi connectivity index (χ0n) is 15.9.